The summed E-state index contributed by atoms with van der Waals surface area (Å²) in [7, 11) is -3.76. The Labute approximate surface area is 253 Å². The molecule has 0 saturated carbocycles. The first kappa shape index (κ1) is 34.6. The molecule has 5 N–H and O–H groups in total. The van der Waals surface area contributed by atoms with Gasteiger partial charge in [-0.25, -0.2) is 8.42 Å². The molecule has 0 aliphatic heterocycles. The molecule has 0 bridgehead atoms. The van der Waals surface area contributed by atoms with Gasteiger partial charge in [0.15, 0.2) is 0 Å². The third-order valence-electron chi connectivity index (χ3n) is 6.42. The largest absolute Gasteiger partial charge is 0.379 e. The van der Waals surface area contributed by atoms with Gasteiger partial charge < -0.3 is 21.3 Å². The molecule has 0 radical (unpaired) electrons. The second-order valence-electron chi connectivity index (χ2n) is 10.0. The molecule has 0 heterocycles. The van der Waals surface area contributed by atoms with Gasteiger partial charge in [0.2, 0.25) is 33.7 Å². The van der Waals surface area contributed by atoms with E-state index in [9.17, 15) is 27.6 Å². The minimum absolute atomic E-state index is 0.0531. The number of hydrogen-bond donors (Lipinski definition) is 6. The van der Waals surface area contributed by atoms with E-state index in [1.807, 2.05) is 37.3 Å². The van der Waals surface area contributed by atoms with Crippen molar-refractivity contribution in [3.05, 3.63) is 59.8 Å². The minimum Gasteiger partial charge on any atom is -0.379 e. The van der Waals surface area contributed by atoms with E-state index in [0.717, 1.165) is 21.9 Å². The van der Waals surface area contributed by atoms with Gasteiger partial charge in [-0.05, 0) is 43.0 Å². The highest BCUT2D eigenvalue weighted by atomic mass is 32.2. The summed E-state index contributed by atoms with van der Waals surface area (Å²) in [5.41, 5.74) is 2.33. The number of sulfonamides is 1. The Hall–Kier alpha value is -3.58. The lowest BCUT2D eigenvalue weighted by atomic mass is 9.97. The topological polar surface area (TPSA) is 163 Å². The monoisotopic (exact) mass is 619 g/mol. The molecule has 1 atom stereocenters. The highest BCUT2D eigenvalue weighted by Crippen LogP contribution is 2.23. The molecule has 2 rings (SSSR count). The van der Waals surface area contributed by atoms with Crippen LogP contribution < -0.4 is 26.0 Å². The van der Waals surface area contributed by atoms with Crippen LogP contribution in [0.15, 0.2) is 48.7 Å². The van der Waals surface area contributed by atoms with Crippen molar-refractivity contribution >= 4 is 57.1 Å². The van der Waals surface area contributed by atoms with Crippen molar-refractivity contribution in [1.29, 1.82) is 0 Å². The molecule has 0 aliphatic rings. The van der Waals surface area contributed by atoms with Gasteiger partial charge in [-0.1, -0.05) is 61.4 Å². The van der Waals surface area contributed by atoms with Gasteiger partial charge in [-0.2, -0.15) is 12.6 Å². The fourth-order valence-corrected chi connectivity index (χ4v) is 5.21. The smallest absolute Gasteiger partial charge is 0.240 e. The molecule has 42 heavy (non-hydrogen) atoms. The molecule has 4 amide bonds. The predicted molar refractivity (Wildman–Crippen MR) is 168 cm³/mol. The first-order valence-electron chi connectivity index (χ1n) is 13.8. The number of carbonyl (C=O) groups excluding carboxylic acids is 4. The second kappa shape index (κ2) is 17.4. The molecule has 0 aromatic heterocycles. The minimum atomic E-state index is -3.76. The normalized spacial score (nSPS) is 11.8. The maximum Gasteiger partial charge on any atom is 0.240 e. The van der Waals surface area contributed by atoms with E-state index in [1.54, 1.807) is 6.92 Å². The van der Waals surface area contributed by atoms with E-state index in [2.05, 4.69) is 51.3 Å². The summed E-state index contributed by atoms with van der Waals surface area (Å²) in [5.74, 6) is -2.29. The van der Waals surface area contributed by atoms with E-state index in [-0.39, 0.29) is 43.0 Å². The van der Waals surface area contributed by atoms with Crippen LogP contribution in [-0.2, 0) is 29.2 Å². The fraction of sp³-hybridized carbons (Fsp3) is 0.448. The van der Waals surface area contributed by atoms with Crippen molar-refractivity contribution in [2.75, 3.05) is 37.7 Å². The Balaban J connectivity index is 1.57. The SMILES string of the molecule is C=C(CNC(=O)CS)NCC(=O)NCC(=O)NCCCCCCS(=O)(=O)NC(=O)[C@@H](C)c1ccc2cc(C)ccc2c1. The Bertz CT molecular complexity index is 1380. The highest BCUT2D eigenvalue weighted by molar-refractivity contribution is 7.90. The van der Waals surface area contributed by atoms with Crippen molar-refractivity contribution in [1.82, 2.24) is 26.0 Å². The molecule has 0 aliphatic carbocycles. The molecule has 0 spiro atoms. The van der Waals surface area contributed by atoms with Crippen molar-refractivity contribution < 1.29 is 27.6 Å². The number of hydrogen-bond acceptors (Lipinski definition) is 8. The van der Waals surface area contributed by atoms with Crippen LogP contribution in [0, 0.1) is 6.92 Å². The summed E-state index contributed by atoms with van der Waals surface area (Å²) < 4.78 is 27.1. The highest BCUT2D eigenvalue weighted by Gasteiger charge is 2.21. The third kappa shape index (κ3) is 12.9. The Kier molecular flexibility index (Phi) is 14.3. The zero-order valence-corrected chi connectivity index (χ0v) is 25.8. The van der Waals surface area contributed by atoms with E-state index >= 15 is 0 Å². The number of amides is 4. The summed E-state index contributed by atoms with van der Waals surface area (Å²) in [6, 6.07) is 11.7. The molecule has 2 aromatic rings. The first-order valence-corrected chi connectivity index (χ1v) is 16.1. The van der Waals surface area contributed by atoms with E-state index in [4.69, 9.17) is 0 Å². The Morgan fingerprint density at radius 1 is 0.810 bits per heavy atom. The number of benzene rings is 2. The number of thiol groups is 1. The van der Waals surface area contributed by atoms with E-state index in [1.165, 1.54) is 0 Å². The van der Waals surface area contributed by atoms with Gasteiger partial charge in [0, 0.05) is 12.2 Å². The quantitative estimate of drug-likeness (QED) is 0.109. The number of aryl methyl sites for hydroxylation is 1. The number of unbranched alkanes of at least 4 members (excludes halogenated alkanes) is 3. The first-order chi connectivity index (χ1) is 19.9. The average molecular weight is 620 g/mol. The molecular formula is C29H41N5O6S2. The maximum absolute atomic E-state index is 12.6. The van der Waals surface area contributed by atoms with Gasteiger partial charge in [0.1, 0.15) is 0 Å². The second-order valence-corrected chi connectivity index (χ2v) is 12.2. The number of rotatable bonds is 18. The van der Waals surface area contributed by atoms with Crippen LogP contribution in [0.2, 0.25) is 0 Å². The zero-order chi connectivity index (χ0) is 31.1. The summed E-state index contributed by atoms with van der Waals surface area (Å²) in [6.45, 7) is 7.67. The van der Waals surface area contributed by atoms with Gasteiger partial charge in [0.05, 0.1) is 37.1 Å². The summed E-state index contributed by atoms with van der Waals surface area (Å²) in [6.07, 6.45) is 2.33. The maximum atomic E-state index is 12.6. The standard InChI is InChI=1S/C29H41N5O6S2/c1-20-8-9-25-15-23(10-11-24(25)14-20)22(3)29(38)34-42(39,40)13-7-5-4-6-12-30-26(35)18-33-27(36)17-31-21(2)16-32-28(37)19-41/h8-11,14-15,22,31,41H,2,4-7,12-13,16-19H2,1,3H3,(H,30,35)(H,32,37)(H,33,36)(H,34,38)/t22-/m0/s1. The molecule has 230 valence electrons. The Morgan fingerprint density at radius 3 is 2.17 bits per heavy atom. The van der Waals surface area contributed by atoms with Gasteiger partial charge in [-0.15, -0.1) is 0 Å². The van der Waals surface area contributed by atoms with Crippen LogP contribution >= 0.6 is 12.6 Å². The molecular weight excluding hydrogens is 578 g/mol. The van der Waals surface area contributed by atoms with Gasteiger partial charge in [0.25, 0.3) is 0 Å². The van der Waals surface area contributed by atoms with E-state index in [0.29, 0.717) is 37.9 Å². The number of fused-ring (bicyclic) bond motifs is 1. The van der Waals surface area contributed by atoms with Crippen molar-refractivity contribution in [2.45, 2.75) is 45.4 Å². The van der Waals surface area contributed by atoms with Crippen LogP contribution in [0.25, 0.3) is 10.8 Å². The van der Waals surface area contributed by atoms with Crippen LogP contribution in [0.3, 0.4) is 0 Å². The molecule has 0 saturated heterocycles. The van der Waals surface area contributed by atoms with Crippen LogP contribution in [0.4, 0.5) is 0 Å². The summed E-state index contributed by atoms with van der Waals surface area (Å²) >= 11 is 3.84. The molecule has 2 aromatic carbocycles. The van der Waals surface area contributed by atoms with Crippen molar-refractivity contribution in [3.8, 4) is 0 Å². The predicted octanol–water partition coefficient (Wildman–Crippen LogP) is 1.64. The van der Waals surface area contributed by atoms with Gasteiger partial charge in [-0.3, -0.25) is 23.9 Å². The Morgan fingerprint density at radius 2 is 1.43 bits per heavy atom. The fourth-order valence-electron chi connectivity index (χ4n) is 3.93. The van der Waals surface area contributed by atoms with E-state index < -0.39 is 27.8 Å². The average Bonchev–Trinajstić information content (AvgIpc) is 2.96. The van der Waals surface area contributed by atoms with Crippen LogP contribution in [0.5, 0.6) is 0 Å². The lowest BCUT2D eigenvalue weighted by Crippen LogP contribution is -2.41. The van der Waals surface area contributed by atoms with Crippen molar-refractivity contribution in [3.63, 3.8) is 0 Å². The summed E-state index contributed by atoms with van der Waals surface area (Å²) in [4.78, 5) is 47.5. The van der Waals surface area contributed by atoms with Crippen molar-refractivity contribution in [2.24, 2.45) is 0 Å². The van der Waals surface area contributed by atoms with Gasteiger partial charge >= 0.3 is 0 Å². The number of nitrogens with one attached hydrogen (secondary N) is 5. The lowest BCUT2D eigenvalue weighted by molar-refractivity contribution is -0.125. The molecule has 13 heteroatoms. The lowest BCUT2D eigenvalue weighted by Gasteiger charge is -2.14. The molecule has 11 nitrogen and oxygen atoms in total. The van der Waals surface area contributed by atoms with Crippen LogP contribution in [0.1, 0.15) is 49.7 Å². The summed E-state index contributed by atoms with van der Waals surface area (Å²) in [5, 5.41) is 12.5. The third-order valence-corrected chi connectivity index (χ3v) is 8.04. The molecule has 0 fully saturated rings. The van der Waals surface area contributed by atoms with Crippen LogP contribution in [-0.4, -0.2) is 69.7 Å². The number of carbonyl (C=O) groups is 4. The zero-order valence-electron chi connectivity index (χ0n) is 24.1. The molecule has 0 unspecified atom stereocenters.